The summed E-state index contributed by atoms with van der Waals surface area (Å²) in [5.74, 6) is 0.356. The fraction of sp³-hybridized carbons (Fsp3) is 0.368. The summed E-state index contributed by atoms with van der Waals surface area (Å²) >= 11 is 0. The minimum absolute atomic E-state index is 0.0410. The zero-order chi connectivity index (χ0) is 19.3. The van der Waals surface area contributed by atoms with Crippen molar-refractivity contribution in [3.8, 4) is 0 Å². The molecule has 144 valence electrons. The van der Waals surface area contributed by atoms with Crippen molar-refractivity contribution in [3.05, 3.63) is 48.3 Å². The average Bonchev–Trinajstić information content (AvgIpc) is 3.13. The van der Waals surface area contributed by atoms with E-state index in [0.29, 0.717) is 23.7 Å². The van der Waals surface area contributed by atoms with Crippen LogP contribution in [0.5, 0.6) is 0 Å². The first-order valence-corrected chi connectivity index (χ1v) is 9.19. The number of rotatable bonds is 5. The molecule has 28 heavy (non-hydrogen) atoms. The second-order valence-electron chi connectivity index (χ2n) is 7.12. The molecule has 4 amide bonds. The van der Waals surface area contributed by atoms with Crippen molar-refractivity contribution in [2.24, 2.45) is 5.10 Å². The highest BCUT2D eigenvalue weighted by Crippen LogP contribution is 2.34. The van der Waals surface area contributed by atoms with E-state index in [9.17, 15) is 14.4 Å². The van der Waals surface area contributed by atoms with Crippen molar-refractivity contribution in [3.63, 3.8) is 0 Å². The zero-order valence-corrected chi connectivity index (χ0v) is 15.0. The van der Waals surface area contributed by atoms with Crippen LogP contribution in [0, 0.1) is 0 Å². The molecule has 1 saturated carbocycles. The van der Waals surface area contributed by atoms with E-state index in [2.05, 4.69) is 5.10 Å². The van der Waals surface area contributed by atoms with Crippen molar-refractivity contribution in [2.45, 2.75) is 31.3 Å². The van der Waals surface area contributed by atoms with Crippen LogP contribution in [-0.2, 0) is 9.59 Å². The number of carbonyl (C=O) groups excluding carboxylic acids is 3. The molecule has 2 aromatic heterocycles. The number of urea groups is 1. The van der Waals surface area contributed by atoms with Crippen LogP contribution in [0.2, 0.25) is 0 Å². The Morgan fingerprint density at radius 2 is 1.93 bits per heavy atom. The summed E-state index contributed by atoms with van der Waals surface area (Å²) < 4.78 is 10.9. The summed E-state index contributed by atoms with van der Waals surface area (Å²) in [6.45, 7) is -0.299. The minimum Gasteiger partial charge on any atom is -0.467 e. The van der Waals surface area contributed by atoms with Crippen LogP contribution in [0.4, 0.5) is 4.79 Å². The molecule has 2 aliphatic heterocycles. The first kappa shape index (κ1) is 16.8. The fourth-order valence-electron chi connectivity index (χ4n) is 3.63. The average molecular weight is 382 g/mol. The van der Waals surface area contributed by atoms with Crippen LogP contribution in [0.1, 0.15) is 36.8 Å². The Morgan fingerprint density at radius 1 is 1.14 bits per heavy atom. The maximum absolute atomic E-state index is 13.0. The van der Waals surface area contributed by atoms with Gasteiger partial charge in [-0.1, -0.05) is 0 Å². The molecule has 0 aromatic carbocycles. The molecule has 2 fully saturated rings. The number of hydrazone groups is 1. The van der Waals surface area contributed by atoms with Crippen molar-refractivity contribution < 1.29 is 23.2 Å². The van der Waals surface area contributed by atoms with Crippen LogP contribution < -0.4 is 0 Å². The number of imide groups is 1. The predicted molar refractivity (Wildman–Crippen MR) is 95.0 cm³/mol. The standard InChI is InChI=1S/C19H18N4O5/c24-17-10-21(12-5-6-12)19(26)22(17)11-18(25)23-14(16-4-2-8-28-16)9-13(20-23)15-3-1-7-27-15/h1-4,7-8,12,14H,5-6,9-11H2. The Hall–Kier alpha value is -3.36. The summed E-state index contributed by atoms with van der Waals surface area (Å²) in [7, 11) is 0. The van der Waals surface area contributed by atoms with Gasteiger partial charge < -0.3 is 13.7 Å². The Bertz CT molecular complexity index is 945. The van der Waals surface area contributed by atoms with Gasteiger partial charge in [0.05, 0.1) is 12.5 Å². The lowest BCUT2D eigenvalue weighted by atomic mass is 10.1. The lowest BCUT2D eigenvalue weighted by molar-refractivity contribution is -0.138. The lowest BCUT2D eigenvalue weighted by Gasteiger charge is -2.22. The molecule has 0 N–H and O–H groups in total. The van der Waals surface area contributed by atoms with Crippen LogP contribution >= 0.6 is 0 Å². The topological polar surface area (TPSA) is 99.6 Å². The van der Waals surface area contributed by atoms with Gasteiger partial charge in [0.1, 0.15) is 36.4 Å². The number of amides is 4. The van der Waals surface area contributed by atoms with E-state index in [1.54, 1.807) is 29.2 Å². The molecule has 0 spiro atoms. The Labute approximate surface area is 160 Å². The molecule has 9 nitrogen and oxygen atoms in total. The summed E-state index contributed by atoms with van der Waals surface area (Å²) in [6.07, 6.45) is 5.31. The zero-order valence-electron chi connectivity index (χ0n) is 15.0. The van der Waals surface area contributed by atoms with Gasteiger partial charge in [0, 0.05) is 12.5 Å². The monoisotopic (exact) mass is 382 g/mol. The van der Waals surface area contributed by atoms with Crippen molar-refractivity contribution in [1.82, 2.24) is 14.8 Å². The van der Waals surface area contributed by atoms with Crippen LogP contribution in [0.3, 0.4) is 0 Å². The summed E-state index contributed by atoms with van der Waals surface area (Å²) in [6, 6.07) is 6.31. The van der Waals surface area contributed by atoms with Gasteiger partial charge >= 0.3 is 6.03 Å². The second-order valence-corrected chi connectivity index (χ2v) is 7.12. The van der Waals surface area contributed by atoms with E-state index in [4.69, 9.17) is 8.83 Å². The van der Waals surface area contributed by atoms with E-state index in [0.717, 1.165) is 17.7 Å². The molecule has 0 radical (unpaired) electrons. The van der Waals surface area contributed by atoms with Gasteiger partial charge in [-0.2, -0.15) is 5.10 Å². The Morgan fingerprint density at radius 3 is 2.61 bits per heavy atom. The highest BCUT2D eigenvalue weighted by atomic mass is 16.3. The number of carbonyl (C=O) groups is 3. The molecule has 1 aliphatic carbocycles. The van der Waals surface area contributed by atoms with E-state index >= 15 is 0 Å². The minimum atomic E-state index is -0.449. The quantitative estimate of drug-likeness (QED) is 0.736. The second kappa shape index (κ2) is 6.36. The molecule has 9 heteroatoms. The van der Waals surface area contributed by atoms with E-state index in [1.807, 2.05) is 0 Å². The van der Waals surface area contributed by atoms with Crippen molar-refractivity contribution >= 4 is 23.6 Å². The van der Waals surface area contributed by atoms with Crippen LogP contribution in [0.15, 0.2) is 50.7 Å². The molecule has 1 atom stereocenters. The number of furan rings is 2. The first-order valence-electron chi connectivity index (χ1n) is 9.19. The maximum Gasteiger partial charge on any atom is 0.327 e. The van der Waals surface area contributed by atoms with Gasteiger partial charge in [-0.05, 0) is 37.1 Å². The normalized spacial score (nSPS) is 22.4. The Kier molecular flexibility index (Phi) is 3.81. The van der Waals surface area contributed by atoms with Gasteiger partial charge in [0.2, 0.25) is 0 Å². The number of hydrogen-bond acceptors (Lipinski definition) is 6. The fourth-order valence-corrected chi connectivity index (χ4v) is 3.63. The molecule has 5 rings (SSSR count). The molecular weight excluding hydrogens is 364 g/mol. The van der Waals surface area contributed by atoms with Crippen LogP contribution in [0.25, 0.3) is 0 Å². The van der Waals surface area contributed by atoms with Gasteiger partial charge in [-0.25, -0.2) is 9.80 Å². The third-order valence-corrected chi connectivity index (χ3v) is 5.21. The maximum atomic E-state index is 13.0. The SMILES string of the molecule is O=C1CN(C2CC2)C(=O)N1CC(=O)N1N=C(c2ccco2)CC1c1ccco1. The van der Waals surface area contributed by atoms with Gasteiger partial charge in [0.15, 0.2) is 0 Å². The third-order valence-electron chi connectivity index (χ3n) is 5.21. The smallest absolute Gasteiger partial charge is 0.327 e. The number of hydrogen-bond donors (Lipinski definition) is 0. The molecule has 1 unspecified atom stereocenters. The van der Waals surface area contributed by atoms with Gasteiger partial charge in [0.25, 0.3) is 11.8 Å². The molecule has 1 saturated heterocycles. The van der Waals surface area contributed by atoms with Gasteiger partial charge in [-0.15, -0.1) is 0 Å². The molecule has 0 bridgehead atoms. The summed E-state index contributed by atoms with van der Waals surface area (Å²) in [5.41, 5.74) is 0.610. The Balaban J connectivity index is 1.38. The molecule has 4 heterocycles. The van der Waals surface area contributed by atoms with E-state index in [1.165, 1.54) is 17.5 Å². The molecule has 3 aliphatic rings. The summed E-state index contributed by atoms with van der Waals surface area (Å²) in [5, 5.41) is 5.70. The predicted octanol–water partition coefficient (Wildman–Crippen LogP) is 1.98. The van der Waals surface area contributed by atoms with Crippen LogP contribution in [-0.4, -0.2) is 57.5 Å². The highest BCUT2D eigenvalue weighted by Gasteiger charge is 2.45. The third kappa shape index (κ3) is 2.79. The van der Waals surface area contributed by atoms with Gasteiger partial charge in [-0.3, -0.25) is 14.5 Å². The molecule has 2 aromatic rings. The molecular formula is C19H18N4O5. The first-order chi connectivity index (χ1) is 13.6. The van der Waals surface area contributed by atoms with Crippen molar-refractivity contribution in [2.75, 3.05) is 13.1 Å². The van der Waals surface area contributed by atoms with E-state index in [-0.39, 0.29) is 25.0 Å². The largest absolute Gasteiger partial charge is 0.467 e. The van der Waals surface area contributed by atoms with Crippen molar-refractivity contribution in [1.29, 1.82) is 0 Å². The van der Waals surface area contributed by atoms with E-state index < -0.39 is 18.0 Å². The highest BCUT2D eigenvalue weighted by molar-refractivity contribution is 6.05. The summed E-state index contributed by atoms with van der Waals surface area (Å²) in [4.78, 5) is 40.3. The lowest BCUT2D eigenvalue weighted by Crippen LogP contribution is -2.42. The number of nitrogens with zero attached hydrogens (tertiary/aromatic N) is 4.